The molecule has 1 aliphatic carbocycles. The predicted octanol–water partition coefficient (Wildman–Crippen LogP) is 4.80. The molecule has 3 aromatic rings. The molecule has 13 nitrogen and oxygen atoms in total. The first kappa shape index (κ1) is 42.3. The van der Waals surface area contributed by atoms with E-state index >= 15 is 0 Å². The number of aliphatic hydroxyl groups excluding tert-OH is 2. The van der Waals surface area contributed by atoms with Crippen LogP contribution in [0.25, 0.3) is 6.08 Å². The molecule has 0 bridgehead atoms. The van der Waals surface area contributed by atoms with Gasteiger partial charge in [0.15, 0.2) is 0 Å². The highest BCUT2D eigenvalue weighted by atomic mass is 16.8. The molecule has 0 radical (unpaired) electrons. The number of carbonyl (C=O) groups excluding carboxylic acids is 4. The SMILES string of the molecule is CC(C)(C)OC(=O)CCC(CO)NC(=O)C1CCCN1C(=O)C1=CC2OC(c3ccccc3)(c3ccccc3)OC2C(OC(=O)c2ccc(C=COCCO)cc2)C1. The van der Waals surface area contributed by atoms with Gasteiger partial charge >= 0.3 is 11.9 Å². The number of hydrogen-bond donors (Lipinski definition) is 3. The van der Waals surface area contributed by atoms with Crippen LogP contribution < -0.4 is 5.32 Å². The third-order valence-corrected chi connectivity index (χ3v) is 10.1. The lowest BCUT2D eigenvalue weighted by atomic mass is 9.91. The van der Waals surface area contributed by atoms with Crippen molar-refractivity contribution in [3.8, 4) is 0 Å². The summed E-state index contributed by atoms with van der Waals surface area (Å²) in [7, 11) is 0. The quantitative estimate of drug-likeness (QED) is 0.110. The third-order valence-electron chi connectivity index (χ3n) is 10.1. The lowest BCUT2D eigenvalue weighted by Gasteiger charge is -2.33. The minimum absolute atomic E-state index is 0.00221. The van der Waals surface area contributed by atoms with Crippen molar-refractivity contribution in [2.45, 2.75) is 94.7 Å². The number of esters is 2. The van der Waals surface area contributed by atoms with Gasteiger partial charge in [0.1, 0.15) is 36.6 Å². The molecular formula is C45H52N2O11. The van der Waals surface area contributed by atoms with E-state index < -0.39 is 72.1 Å². The summed E-state index contributed by atoms with van der Waals surface area (Å²) in [5.41, 5.74) is 2.14. The van der Waals surface area contributed by atoms with Gasteiger partial charge in [0.25, 0.3) is 0 Å². The molecule has 2 fully saturated rings. The lowest BCUT2D eigenvalue weighted by molar-refractivity contribution is -0.157. The molecule has 5 unspecified atom stereocenters. The van der Waals surface area contributed by atoms with E-state index in [-0.39, 0.29) is 38.0 Å². The molecule has 3 aromatic carbocycles. The van der Waals surface area contributed by atoms with Gasteiger partial charge in [0, 0.05) is 36.1 Å². The van der Waals surface area contributed by atoms with Crippen molar-refractivity contribution >= 4 is 29.8 Å². The summed E-state index contributed by atoms with van der Waals surface area (Å²) in [6.45, 7) is 5.28. The number of ether oxygens (including phenoxy) is 5. The first-order valence-electron chi connectivity index (χ1n) is 19.7. The molecule has 2 amide bonds. The average Bonchev–Trinajstić information content (AvgIpc) is 3.88. The van der Waals surface area contributed by atoms with Crippen LogP contribution >= 0.6 is 0 Å². The smallest absolute Gasteiger partial charge is 0.338 e. The number of nitrogens with zero attached hydrogens (tertiary/aromatic N) is 1. The fourth-order valence-corrected chi connectivity index (χ4v) is 7.42. The molecule has 2 saturated heterocycles. The summed E-state index contributed by atoms with van der Waals surface area (Å²) in [5.74, 6) is -3.28. The van der Waals surface area contributed by atoms with Crippen LogP contribution in [-0.4, -0.2) is 101 Å². The zero-order chi connectivity index (χ0) is 41.3. The number of benzene rings is 3. The Morgan fingerprint density at radius 1 is 0.948 bits per heavy atom. The maximum atomic E-state index is 14.5. The number of fused-ring (bicyclic) bond motifs is 1. The van der Waals surface area contributed by atoms with Crippen molar-refractivity contribution in [3.05, 3.63) is 125 Å². The molecular weight excluding hydrogens is 744 g/mol. The van der Waals surface area contributed by atoms with Crippen molar-refractivity contribution in [3.63, 3.8) is 0 Å². The van der Waals surface area contributed by atoms with E-state index in [2.05, 4.69) is 5.32 Å². The maximum absolute atomic E-state index is 14.5. The molecule has 0 spiro atoms. The zero-order valence-corrected chi connectivity index (χ0v) is 33.1. The first-order valence-corrected chi connectivity index (χ1v) is 19.7. The fraction of sp³-hybridized carbons (Fsp3) is 0.422. The minimum atomic E-state index is -1.39. The zero-order valence-electron chi connectivity index (χ0n) is 33.1. The van der Waals surface area contributed by atoms with E-state index in [1.54, 1.807) is 57.2 Å². The normalized spacial score (nSPS) is 21.8. The molecule has 2 heterocycles. The number of carbonyl (C=O) groups is 4. The Bertz CT molecular complexity index is 1900. The van der Waals surface area contributed by atoms with Crippen LogP contribution in [-0.2, 0) is 43.9 Å². The molecule has 0 aromatic heterocycles. The second kappa shape index (κ2) is 18.9. The number of rotatable bonds is 15. The van der Waals surface area contributed by atoms with Crippen molar-refractivity contribution in [2.75, 3.05) is 26.4 Å². The van der Waals surface area contributed by atoms with Crippen LogP contribution in [0, 0.1) is 0 Å². The third kappa shape index (κ3) is 10.2. The number of likely N-dealkylation sites (tertiary alicyclic amines) is 1. The fourth-order valence-electron chi connectivity index (χ4n) is 7.42. The molecule has 58 heavy (non-hydrogen) atoms. The minimum Gasteiger partial charge on any atom is -0.499 e. The van der Waals surface area contributed by atoms with E-state index in [4.69, 9.17) is 28.8 Å². The Balaban J connectivity index is 1.24. The standard InChI is InChI=1S/C45H52N2O11/c1-44(2,3)57-39(50)21-20-35(29-49)46-41(51)36-15-10-23-47(36)42(52)32-27-37(55-43(53)31-18-16-30(17-19-31)22-25-54-26-24-48)40-38(28-32)56-45(58-40,33-11-6-4-7-12-33)34-13-8-5-9-14-34/h4-9,11-14,16-19,22,25,28,35-38,40,48-49H,10,15,20-21,23-24,26-27,29H2,1-3H3,(H,46,51). The summed E-state index contributed by atoms with van der Waals surface area (Å²) in [6, 6.07) is 24.1. The van der Waals surface area contributed by atoms with E-state index in [9.17, 15) is 24.3 Å². The number of hydrogen-bond acceptors (Lipinski definition) is 11. The summed E-state index contributed by atoms with van der Waals surface area (Å²) < 4.78 is 30.5. The van der Waals surface area contributed by atoms with Gasteiger partial charge in [-0.1, -0.05) is 72.8 Å². The van der Waals surface area contributed by atoms with Crippen LogP contribution in [0.2, 0.25) is 0 Å². The van der Waals surface area contributed by atoms with Gasteiger partial charge in [-0.15, -0.1) is 0 Å². The van der Waals surface area contributed by atoms with Crippen molar-refractivity contribution in [1.82, 2.24) is 10.2 Å². The Hall–Kier alpha value is -5.34. The van der Waals surface area contributed by atoms with Gasteiger partial charge in [-0.3, -0.25) is 14.4 Å². The Morgan fingerprint density at radius 2 is 1.62 bits per heavy atom. The molecule has 13 heteroatoms. The van der Waals surface area contributed by atoms with E-state index in [1.807, 2.05) is 60.7 Å². The first-order chi connectivity index (χ1) is 27.9. The van der Waals surface area contributed by atoms with Gasteiger partial charge < -0.3 is 44.1 Å². The lowest BCUT2D eigenvalue weighted by Crippen LogP contribution is -2.51. The predicted molar refractivity (Wildman–Crippen MR) is 213 cm³/mol. The molecule has 6 rings (SSSR count). The van der Waals surface area contributed by atoms with Gasteiger partial charge in [-0.25, -0.2) is 4.79 Å². The Kier molecular flexibility index (Phi) is 13.8. The topological polar surface area (TPSA) is 170 Å². The van der Waals surface area contributed by atoms with Crippen LogP contribution in [0.15, 0.2) is 103 Å². The maximum Gasteiger partial charge on any atom is 0.338 e. The van der Waals surface area contributed by atoms with Crippen LogP contribution in [0.1, 0.15) is 79.9 Å². The molecule has 3 aliphatic rings. The van der Waals surface area contributed by atoms with E-state index in [1.165, 1.54) is 11.2 Å². The van der Waals surface area contributed by atoms with Gasteiger partial charge in [-0.05, 0) is 69.9 Å². The average molecular weight is 797 g/mol. The van der Waals surface area contributed by atoms with Crippen LogP contribution in [0.3, 0.4) is 0 Å². The molecule has 3 N–H and O–H groups in total. The van der Waals surface area contributed by atoms with Crippen molar-refractivity contribution < 1.29 is 53.1 Å². The molecule has 308 valence electrons. The summed E-state index contributed by atoms with van der Waals surface area (Å²) >= 11 is 0. The van der Waals surface area contributed by atoms with Crippen molar-refractivity contribution in [1.29, 1.82) is 0 Å². The van der Waals surface area contributed by atoms with E-state index in [0.29, 0.717) is 25.0 Å². The number of aliphatic hydroxyl groups is 2. The summed E-state index contributed by atoms with van der Waals surface area (Å²) in [4.78, 5) is 55.7. The van der Waals surface area contributed by atoms with Gasteiger partial charge in [0.2, 0.25) is 17.6 Å². The molecule has 5 atom stereocenters. The number of amides is 2. The monoisotopic (exact) mass is 796 g/mol. The Morgan fingerprint density at radius 3 is 2.24 bits per heavy atom. The van der Waals surface area contributed by atoms with Crippen molar-refractivity contribution in [2.24, 2.45) is 0 Å². The van der Waals surface area contributed by atoms with E-state index in [0.717, 1.165) is 16.7 Å². The van der Waals surface area contributed by atoms with Gasteiger partial charge in [0.05, 0.1) is 31.1 Å². The second-order valence-corrected chi connectivity index (χ2v) is 15.5. The largest absolute Gasteiger partial charge is 0.499 e. The molecule has 0 saturated carbocycles. The van der Waals surface area contributed by atoms with Crippen LogP contribution in [0.5, 0.6) is 0 Å². The van der Waals surface area contributed by atoms with Gasteiger partial charge in [-0.2, -0.15) is 0 Å². The highest BCUT2D eigenvalue weighted by molar-refractivity contribution is 5.98. The second-order valence-electron chi connectivity index (χ2n) is 15.5. The van der Waals surface area contributed by atoms with Crippen LogP contribution in [0.4, 0.5) is 0 Å². The summed E-state index contributed by atoms with van der Waals surface area (Å²) in [5, 5.41) is 21.8. The molecule has 2 aliphatic heterocycles. The highest BCUT2D eigenvalue weighted by Gasteiger charge is 2.55. The Labute approximate surface area is 338 Å². The summed E-state index contributed by atoms with van der Waals surface area (Å²) in [6.07, 6.45) is 3.45. The highest BCUT2D eigenvalue weighted by Crippen LogP contribution is 2.47. The number of nitrogens with one attached hydrogen (secondary N) is 1.